The zero-order valence-corrected chi connectivity index (χ0v) is 10.6. The molecule has 0 aromatic carbocycles. The van der Waals surface area contributed by atoms with Gasteiger partial charge in [0.2, 0.25) is 0 Å². The van der Waals surface area contributed by atoms with Crippen LogP contribution >= 0.6 is 12.6 Å². The van der Waals surface area contributed by atoms with Crippen LogP contribution < -0.4 is 0 Å². The molecule has 0 atom stereocenters. The first-order chi connectivity index (χ1) is 6.53. The Labute approximate surface area is 94.0 Å². The maximum atomic E-state index is 5.94. The van der Waals surface area contributed by atoms with E-state index in [1.165, 1.54) is 25.7 Å². The number of hydrogen-bond acceptors (Lipinski definition) is 2. The molecule has 2 heteroatoms. The van der Waals surface area contributed by atoms with Gasteiger partial charge in [-0.3, -0.25) is 0 Å². The smallest absolute Gasteiger partial charge is 0.0575 e. The highest BCUT2D eigenvalue weighted by atomic mass is 32.1. The van der Waals surface area contributed by atoms with E-state index < -0.39 is 0 Å². The van der Waals surface area contributed by atoms with E-state index in [0.29, 0.717) is 6.10 Å². The third-order valence-electron chi connectivity index (χ3n) is 3.10. The Balaban J connectivity index is 2.19. The molecule has 0 heterocycles. The summed E-state index contributed by atoms with van der Waals surface area (Å²) < 4.78 is 5.94. The number of ether oxygens (including phenoxy) is 1. The summed E-state index contributed by atoms with van der Waals surface area (Å²) in [6.45, 7) is 7.63. The molecule has 0 bridgehead atoms. The first kappa shape index (κ1) is 12.4. The van der Waals surface area contributed by atoms with Crippen molar-refractivity contribution in [2.45, 2.75) is 52.6 Å². The van der Waals surface area contributed by atoms with Gasteiger partial charge in [-0.1, -0.05) is 20.8 Å². The molecule has 0 unspecified atom stereocenters. The van der Waals surface area contributed by atoms with Gasteiger partial charge < -0.3 is 4.74 Å². The van der Waals surface area contributed by atoms with Crippen LogP contribution in [-0.2, 0) is 4.74 Å². The Morgan fingerprint density at radius 2 is 1.79 bits per heavy atom. The fourth-order valence-electron chi connectivity index (χ4n) is 1.79. The Bertz CT molecular complexity index is 160. The molecular weight excluding hydrogens is 192 g/mol. The highest BCUT2D eigenvalue weighted by Crippen LogP contribution is 2.27. The first-order valence-electron chi connectivity index (χ1n) is 5.76. The third-order valence-corrected chi connectivity index (χ3v) is 3.96. The highest BCUT2D eigenvalue weighted by Gasteiger charge is 2.22. The second kappa shape index (κ2) is 5.41. The molecule has 0 amide bonds. The molecule has 1 aliphatic carbocycles. The molecule has 84 valence electrons. The zero-order valence-electron chi connectivity index (χ0n) is 9.75. The van der Waals surface area contributed by atoms with Gasteiger partial charge in [0, 0.05) is 0 Å². The topological polar surface area (TPSA) is 9.23 Å². The molecule has 1 nitrogen and oxygen atoms in total. The predicted octanol–water partition coefficient (Wildman–Crippen LogP) is 3.54. The fraction of sp³-hybridized carbons (Fsp3) is 1.00. The Kier molecular flexibility index (Phi) is 4.78. The summed E-state index contributed by atoms with van der Waals surface area (Å²) in [5, 5.41) is 0. The number of thiol groups is 1. The molecule has 0 radical (unpaired) electrons. The van der Waals surface area contributed by atoms with Gasteiger partial charge in [-0.05, 0) is 42.8 Å². The van der Waals surface area contributed by atoms with E-state index in [1.54, 1.807) is 0 Å². The summed E-state index contributed by atoms with van der Waals surface area (Å²) in [6.07, 6.45) is 5.70. The standard InChI is InChI=1S/C12H24OS/c1-10-4-6-11(7-5-10)13-8-12(2,3)9-14/h10-11,14H,4-9H2,1-3H3. The van der Waals surface area contributed by atoms with Crippen molar-refractivity contribution in [1.29, 1.82) is 0 Å². The summed E-state index contributed by atoms with van der Waals surface area (Å²) in [5.41, 5.74) is 0.228. The summed E-state index contributed by atoms with van der Waals surface area (Å²) in [6, 6.07) is 0. The van der Waals surface area contributed by atoms with Crippen LogP contribution in [0.25, 0.3) is 0 Å². The molecule has 0 spiro atoms. The molecule has 0 aliphatic heterocycles. The molecule has 14 heavy (non-hydrogen) atoms. The molecule has 1 saturated carbocycles. The average Bonchev–Trinajstić information content (AvgIpc) is 2.17. The number of rotatable bonds is 4. The van der Waals surface area contributed by atoms with Gasteiger partial charge in [0.05, 0.1) is 12.7 Å². The number of hydrogen-bond donors (Lipinski definition) is 1. The predicted molar refractivity (Wildman–Crippen MR) is 65.0 cm³/mol. The molecule has 1 rings (SSSR count). The van der Waals surface area contributed by atoms with Crippen molar-refractivity contribution in [3.8, 4) is 0 Å². The van der Waals surface area contributed by atoms with Crippen LogP contribution in [0.1, 0.15) is 46.5 Å². The summed E-state index contributed by atoms with van der Waals surface area (Å²) in [4.78, 5) is 0. The van der Waals surface area contributed by atoms with Crippen molar-refractivity contribution in [1.82, 2.24) is 0 Å². The molecule has 1 fully saturated rings. The largest absolute Gasteiger partial charge is 0.378 e. The fourth-order valence-corrected chi connectivity index (χ4v) is 1.88. The van der Waals surface area contributed by atoms with Crippen molar-refractivity contribution in [2.75, 3.05) is 12.4 Å². The van der Waals surface area contributed by atoms with Crippen LogP contribution in [0.5, 0.6) is 0 Å². The second-order valence-corrected chi connectivity index (χ2v) is 5.83. The van der Waals surface area contributed by atoms with Crippen molar-refractivity contribution in [3.05, 3.63) is 0 Å². The van der Waals surface area contributed by atoms with E-state index in [1.807, 2.05) is 0 Å². The van der Waals surface area contributed by atoms with Crippen LogP contribution in [0, 0.1) is 11.3 Å². The Morgan fingerprint density at radius 3 is 2.29 bits per heavy atom. The van der Waals surface area contributed by atoms with Crippen LogP contribution in [0.2, 0.25) is 0 Å². The lowest BCUT2D eigenvalue weighted by Crippen LogP contribution is -2.28. The van der Waals surface area contributed by atoms with Gasteiger partial charge in [0.15, 0.2) is 0 Å². The monoisotopic (exact) mass is 216 g/mol. The van der Waals surface area contributed by atoms with E-state index in [4.69, 9.17) is 4.74 Å². The van der Waals surface area contributed by atoms with Gasteiger partial charge in [0.1, 0.15) is 0 Å². The van der Waals surface area contributed by atoms with Crippen LogP contribution in [0.3, 0.4) is 0 Å². The minimum Gasteiger partial charge on any atom is -0.378 e. The minimum atomic E-state index is 0.228. The summed E-state index contributed by atoms with van der Waals surface area (Å²) >= 11 is 4.33. The maximum absolute atomic E-state index is 5.94. The van der Waals surface area contributed by atoms with Gasteiger partial charge >= 0.3 is 0 Å². The molecule has 0 N–H and O–H groups in total. The molecule has 1 aliphatic rings. The SMILES string of the molecule is CC1CCC(OCC(C)(C)CS)CC1. The first-order valence-corrected chi connectivity index (χ1v) is 6.39. The van der Waals surface area contributed by atoms with E-state index >= 15 is 0 Å². The van der Waals surface area contributed by atoms with Crippen LogP contribution in [0.4, 0.5) is 0 Å². The van der Waals surface area contributed by atoms with Crippen LogP contribution in [0.15, 0.2) is 0 Å². The molecule has 0 aromatic heterocycles. The molecule has 0 aromatic rings. The van der Waals surface area contributed by atoms with Crippen molar-refractivity contribution < 1.29 is 4.74 Å². The lowest BCUT2D eigenvalue weighted by atomic mass is 9.88. The van der Waals surface area contributed by atoms with Gasteiger partial charge in [-0.25, -0.2) is 0 Å². The van der Waals surface area contributed by atoms with Crippen molar-refractivity contribution in [3.63, 3.8) is 0 Å². The van der Waals surface area contributed by atoms with Gasteiger partial charge in [0.25, 0.3) is 0 Å². The van der Waals surface area contributed by atoms with Crippen molar-refractivity contribution >= 4 is 12.6 Å². The van der Waals surface area contributed by atoms with E-state index in [-0.39, 0.29) is 5.41 Å². The summed E-state index contributed by atoms with van der Waals surface area (Å²) in [7, 11) is 0. The third kappa shape index (κ3) is 4.22. The van der Waals surface area contributed by atoms with Gasteiger partial charge in [-0.15, -0.1) is 0 Å². The van der Waals surface area contributed by atoms with E-state index in [2.05, 4.69) is 33.4 Å². The minimum absolute atomic E-state index is 0.228. The van der Waals surface area contributed by atoms with E-state index in [9.17, 15) is 0 Å². The van der Waals surface area contributed by atoms with E-state index in [0.717, 1.165) is 18.3 Å². The Morgan fingerprint density at radius 1 is 1.21 bits per heavy atom. The second-order valence-electron chi connectivity index (χ2n) is 5.52. The molecular formula is C12H24OS. The quantitative estimate of drug-likeness (QED) is 0.707. The van der Waals surface area contributed by atoms with Gasteiger partial charge in [-0.2, -0.15) is 12.6 Å². The van der Waals surface area contributed by atoms with Crippen molar-refractivity contribution in [2.24, 2.45) is 11.3 Å². The Hall–Kier alpha value is 0.310. The maximum Gasteiger partial charge on any atom is 0.0575 e. The van der Waals surface area contributed by atoms with Crippen LogP contribution in [-0.4, -0.2) is 18.5 Å². The summed E-state index contributed by atoms with van der Waals surface area (Å²) in [5.74, 6) is 1.81. The zero-order chi connectivity index (χ0) is 10.6. The lowest BCUT2D eigenvalue weighted by molar-refractivity contribution is -0.0144. The lowest BCUT2D eigenvalue weighted by Gasteiger charge is -2.30. The highest BCUT2D eigenvalue weighted by molar-refractivity contribution is 7.80. The normalized spacial score (nSPS) is 29.1. The molecule has 0 saturated heterocycles. The average molecular weight is 216 g/mol.